The zero-order valence-electron chi connectivity index (χ0n) is 15.5. The third-order valence-corrected chi connectivity index (χ3v) is 6.54. The van der Waals surface area contributed by atoms with Crippen LogP contribution in [0.2, 0.25) is 10.0 Å². The average Bonchev–Trinajstić information content (AvgIpc) is 3.19. The van der Waals surface area contributed by atoms with E-state index in [1.54, 1.807) is 24.3 Å². The van der Waals surface area contributed by atoms with Crippen molar-refractivity contribution in [1.82, 2.24) is 4.98 Å². The first kappa shape index (κ1) is 20.5. The number of hydrogen-bond donors (Lipinski definition) is 1. The first-order valence-electron chi connectivity index (χ1n) is 8.99. The van der Waals surface area contributed by atoms with E-state index in [1.165, 1.54) is 24.3 Å². The maximum Gasteiger partial charge on any atom is 0.234 e. The summed E-state index contributed by atoms with van der Waals surface area (Å²) in [6, 6.07) is 22.3. The standard InChI is InChI=1S/C22H16Cl2N2O3S/c23-17-8-6-16(7-9-17)20-26-22(30(27,28)19-12-10-18(24)11-13-19)21(29-20)25-14-15-4-2-1-3-5-15/h1-13,25H,14H2. The molecule has 0 radical (unpaired) electrons. The molecule has 0 aliphatic carbocycles. The summed E-state index contributed by atoms with van der Waals surface area (Å²) < 4.78 is 32.3. The highest BCUT2D eigenvalue weighted by Gasteiger charge is 2.28. The van der Waals surface area contributed by atoms with Crippen molar-refractivity contribution in [2.45, 2.75) is 16.5 Å². The Balaban J connectivity index is 1.76. The Morgan fingerprint density at radius 3 is 2.07 bits per heavy atom. The summed E-state index contributed by atoms with van der Waals surface area (Å²) in [7, 11) is -3.94. The van der Waals surface area contributed by atoms with Crippen LogP contribution in [0.3, 0.4) is 0 Å². The quantitative estimate of drug-likeness (QED) is 0.378. The largest absolute Gasteiger partial charge is 0.419 e. The fourth-order valence-electron chi connectivity index (χ4n) is 2.82. The van der Waals surface area contributed by atoms with Gasteiger partial charge in [0.1, 0.15) is 0 Å². The van der Waals surface area contributed by atoms with Crippen LogP contribution < -0.4 is 5.32 Å². The Kier molecular flexibility index (Phi) is 5.81. The molecule has 152 valence electrons. The molecule has 1 N–H and O–H groups in total. The SMILES string of the molecule is O=S(=O)(c1ccc(Cl)cc1)c1nc(-c2ccc(Cl)cc2)oc1NCc1ccccc1. The number of nitrogens with one attached hydrogen (secondary N) is 1. The van der Waals surface area contributed by atoms with E-state index in [0.29, 0.717) is 22.2 Å². The number of hydrogen-bond acceptors (Lipinski definition) is 5. The molecular weight excluding hydrogens is 443 g/mol. The van der Waals surface area contributed by atoms with Gasteiger partial charge in [0.15, 0.2) is 0 Å². The Bertz CT molecular complexity index is 1250. The fraction of sp³-hybridized carbons (Fsp3) is 0.0455. The molecule has 0 bridgehead atoms. The molecular formula is C22H16Cl2N2O3S. The average molecular weight is 459 g/mol. The Morgan fingerprint density at radius 2 is 1.43 bits per heavy atom. The van der Waals surface area contributed by atoms with Gasteiger partial charge in [0.25, 0.3) is 0 Å². The zero-order valence-corrected chi connectivity index (χ0v) is 17.9. The van der Waals surface area contributed by atoms with Gasteiger partial charge in [-0.3, -0.25) is 0 Å². The molecule has 0 spiro atoms. The molecule has 0 atom stereocenters. The van der Waals surface area contributed by atoms with Crippen LogP contribution in [0.25, 0.3) is 11.5 Å². The third-order valence-electron chi connectivity index (χ3n) is 4.36. The van der Waals surface area contributed by atoms with Crippen molar-refractivity contribution in [1.29, 1.82) is 0 Å². The van der Waals surface area contributed by atoms with Gasteiger partial charge in [-0.15, -0.1) is 0 Å². The molecule has 4 aromatic rings. The van der Waals surface area contributed by atoms with Crippen LogP contribution in [0.5, 0.6) is 0 Å². The topological polar surface area (TPSA) is 72.2 Å². The normalized spacial score (nSPS) is 11.4. The molecule has 0 aliphatic heterocycles. The lowest BCUT2D eigenvalue weighted by Crippen LogP contribution is -2.07. The number of nitrogens with zero attached hydrogens (tertiary/aromatic N) is 1. The number of rotatable bonds is 6. The van der Waals surface area contributed by atoms with E-state index >= 15 is 0 Å². The number of oxazole rings is 1. The van der Waals surface area contributed by atoms with E-state index in [9.17, 15) is 8.42 Å². The molecule has 0 fully saturated rings. The highest BCUT2D eigenvalue weighted by Crippen LogP contribution is 2.33. The second-order valence-electron chi connectivity index (χ2n) is 6.46. The first-order valence-corrected chi connectivity index (χ1v) is 11.2. The number of halogens is 2. The Hall–Kier alpha value is -2.80. The van der Waals surface area contributed by atoms with Gasteiger partial charge in [0.05, 0.1) is 4.90 Å². The maximum absolute atomic E-state index is 13.2. The van der Waals surface area contributed by atoms with Gasteiger partial charge < -0.3 is 9.73 Å². The van der Waals surface area contributed by atoms with Crippen LogP contribution in [0.1, 0.15) is 5.56 Å². The van der Waals surface area contributed by atoms with Crippen molar-refractivity contribution >= 4 is 38.9 Å². The summed E-state index contributed by atoms with van der Waals surface area (Å²) >= 11 is 11.8. The molecule has 8 heteroatoms. The lowest BCUT2D eigenvalue weighted by Gasteiger charge is -2.06. The van der Waals surface area contributed by atoms with Crippen LogP contribution >= 0.6 is 23.2 Å². The zero-order chi connectivity index (χ0) is 21.1. The van der Waals surface area contributed by atoms with E-state index in [1.807, 2.05) is 30.3 Å². The van der Waals surface area contributed by atoms with Crippen LogP contribution in [-0.4, -0.2) is 13.4 Å². The minimum Gasteiger partial charge on any atom is -0.419 e. The molecule has 0 saturated carbocycles. The first-order chi connectivity index (χ1) is 14.4. The summed E-state index contributed by atoms with van der Waals surface area (Å²) in [5, 5.41) is 3.87. The highest BCUT2D eigenvalue weighted by atomic mass is 35.5. The van der Waals surface area contributed by atoms with E-state index in [0.717, 1.165) is 5.56 Å². The van der Waals surface area contributed by atoms with Gasteiger partial charge in [-0.2, -0.15) is 4.98 Å². The van der Waals surface area contributed by atoms with Crippen LogP contribution in [0.4, 0.5) is 5.88 Å². The summed E-state index contributed by atoms with van der Waals surface area (Å²) in [6.07, 6.45) is 0. The predicted octanol–water partition coefficient (Wildman–Crippen LogP) is 6.09. The number of sulfone groups is 1. The Labute approximate surface area is 184 Å². The summed E-state index contributed by atoms with van der Waals surface area (Å²) in [5.74, 6) is 0.244. The monoisotopic (exact) mass is 458 g/mol. The number of benzene rings is 3. The van der Waals surface area contributed by atoms with Crippen molar-refractivity contribution in [3.63, 3.8) is 0 Å². The predicted molar refractivity (Wildman–Crippen MR) is 118 cm³/mol. The second kappa shape index (κ2) is 8.52. The number of aromatic nitrogens is 1. The van der Waals surface area contributed by atoms with E-state index < -0.39 is 9.84 Å². The summed E-state index contributed by atoms with van der Waals surface area (Å²) in [6.45, 7) is 0.374. The van der Waals surface area contributed by atoms with Crippen molar-refractivity contribution in [3.8, 4) is 11.5 Å². The lowest BCUT2D eigenvalue weighted by molar-refractivity contribution is 0.576. The van der Waals surface area contributed by atoms with Crippen LogP contribution in [0, 0.1) is 0 Å². The molecule has 30 heavy (non-hydrogen) atoms. The molecule has 3 aromatic carbocycles. The van der Waals surface area contributed by atoms with Crippen molar-refractivity contribution in [2.24, 2.45) is 0 Å². The second-order valence-corrected chi connectivity index (χ2v) is 9.19. The van der Waals surface area contributed by atoms with Crippen molar-refractivity contribution in [3.05, 3.63) is 94.5 Å². The van der Waals surface area contributed by atoms with Crippen LogP contribution in [-0.2, 0) is 16.4 Å². The molecule has 4 rings (SSSR count). The summed E-state index contributed by atoms with van der Waals surface area (Å²) in [5.41, 5.74) is 1.58. The summed E-state index contributed by atoms with van der Waals surface area (Å²) in [4.78, 5) is 4.37. The fourth-order valence-corrected chi connectivity index (χ4v) is 4.35. The minimum atomic E-state index is -3.94. The molecule has 0 amide bonds. The van der Waals surface area contributed by atoms with Crippen molar-refractivity contribution < 1.29 is 12.8 Å². The molecule has 0 aliphatic rings. The molecule has 1 aromatic heterocycles. The molecule has 0 unspecified atom stereocenters. The van der Waals surface area contributed by atoms with E-state index in [2.05, 4.69) is 10.3 Å². The van der Waals surface area contributed by atoms with Gasteiger partial charge in [0.2, 0.25) is 26.6 Å². The minimum absolute atomic E-state index is 0.0683. The van der Waals surface area contributed by atoms with Gasteiger partial charge in [-0.25, -0.2) is 8.42 Å². The van der Waals surface area contributed by atoms with E-state index in [-0.39, 0.29) is 21.7 Å². The van der Waals surface area contributed by atoms with Gasteiger partial charge in [-0.05, 0) is 54.1 Å². The Morgan fingerprint density at radius 1 is 0.833 bits per heavy atom. The number of anilines is 1. The van der Waals surface area contributed by atoms with Gasteiger partial charge >= 0.3 is 0 Å². The van der Waals surface area contributed by atoms with E-state index in [4.69, 9.17) is 27.6 Å². The molecule has 5 nitrogen and oxygen atoms in total. The van der Waals surface area contributed by atoms with Gasteiger partial charge in [-0.1, -0.05) is 53.5 Å². The maximum atomic E-state index is 13.2. The molecule has 0 saturated heterocycles. The van der Waals surface area contributed by atoms with Crippen LogP contribution in [0.15, 0.2) is 93.2 Å². The van der Waals surface area contributed by atoms with Crippen molar-refractivity contribution in [2.75, 3.05) is 5.32 Å². The third kappa shape index (κ3) is 4.36. The smallest absolute Gasteiger partial charge is 0.234 e. The van der Waals surface area contributed by atoms with Gasteiger partial charge in [0, 0.05) is 22.2 Å². The highest BCUT2D eigenvalue weighted by molar-refractivity contribution is 7.91. The lowest BCUT2D eigenvalue weighted by atomic mass is 10.2. The molecule has 1 heterocycles.